The largest absolute Gasteiger partial charge is 1.00 e. The van der Waals surface area contributed by atoms with Gasteiger partial charge in [-0.15, -0.1) is 0 Å². The molecule has 0 aromatic rings. The van der Waals surface area contributed by atoms with Crippen LogP contribution in [0.15, 0.2) is 0 Å². The molecule has 3 nitrogen and oxygen atoms in total. The summed E-state index contributed by atoms with van der Waals surface area (Å²) in [6.45, 7) is 0. The van der Waals surface area contributed by atoms with E-state index in [9.17, 15) is 43.7 Å². The predicted octanol–water partition coefficient (Wildman–Crippen LogP) is -1.67. The molecule has 0 amide bonds. The van der Waals surface area contributed by atoms with E-state index in [2.05, 4.69) is 0 Å². The molecule has 0 saturated carbocycles. The number of halogens is 7. The van der Waals surface area contributed by atoms with E-state index in [-0.39, 0.29) is 18.9 Å². The van der Waals surface area contributed by atoms with Gasteiger partial charge in [0.05, 0.1) is 0 Å². The van der Waals surface area contributed by atoms with E-state index < -0.39 is 27.5 Å². The second kappa shape index (κ2) is 4.12. The van der Waals surface area contributed by atoms with Crippen molar-refractivity contribution in [2.24, 2.45) is 0 Å². The van der Waals surface area contributed by atoms with Crippen LogP contribution < -0.4 is 18.9 Å². The van der Waals surface area contributed by atoms with Crippen LogP contribution in [0.3, 0.4) is 0 Å². The molecule has 0 aliphatic carbocycles. The first-order chi connectivity index (χ1) is 5.75. The van der Waals surface area contributed by atoms with Crippen molar-refractivity contribution >= 4 is 10.1 Å². The molecule has 0 N–H and O–H groups in total. The van der Waals surface area contributed by atoms with Crippen molar-refractivity contribution in [2.45, 2.75) is 17.4 Å². The first-order valence-electron chi connectivity index (χ1n) is 2.53. The minimum atomic E-state index is -7.25. The van der Waals surface area contributed by atoms with Gasteiger partial charge in [0, 0.05) is 0 Å². The summed E-state index contributed by atoms with van der Waals surface area (Å²) in [5.41, 5.74) is 0. The smallest absolute Gasteiger partial charge is 0.745 e. The molecule has 0 unspecified atom stereocenters. The molecule has 0 saturated heterocycles. The number of alkyl halides is 7. The van der Waals surface area contributed by atoms with Crippen molar-refractivity contribution in [3.05, 3.63) is 0 Å². The average Bonchev–Trinajstić information content (AvgIpc) is 1.77. The standard InChI is InChI=1S/C3HF7O3S.Li/c4-1(2(5,6)7,3(8,9)10)14(11,12)13;/h(H,11,12,13);/q;+1/p-1. The van der Waals surface area contributed by atoms with Crippen LogP contribution >= 0.6 is 0 Å². The van der Waals surface area contributed by atoms with Crippen LogP contribution in [0.1, 0.15) is 0 Å². The summed E-state index contributed by atoms with van der Waals surface area (Å²) in [4.78, 5) is 0. The zero-order valence-corrected chi connectivity index (χ0v) is 7.60. The van der Waals surface area contributed by atoms with Crippen LogP contribution in [0, 0.1) is 0 Å². The first kappa shape index (κ1) is 17.4. The van der Waals surface area contributed by atoms with Crippen molar-refractivity contribution in [3.8, 4) is 0 Å². The van der Waals surface area contributed by atoms with E-state index in [1.165, 1.54) is 0 Å². The SMILES string of the molecule is O=S(=O)([O-])C(F)(C(F)(F)F)C(F)(F)F.[Li+]. The van der Waals surface area contributed by atoms with Gasteiger partial charge in [0.25, 0.3) is 0 Å². The molecule has 0 aliphatic heterocycles. The summed E-state index contributed by atoms with van der Waals surface area (Å²) in [7, 11) is -7.25. The van der Waals surface area contributed by atoms with E-state index in [0.29, 0.717) is 0 Å². The Balaban J connectivity index is 0. The van der Waals surface area contributed by atoms with Crippen LogP contribution in [0.4, 0.5) is 30.7 Å². The fraction of sp³-hybridized carbons (Fsp3) is 1.00. The molecular formula is C3F7LiO3S. The Bertz CT molecular complexity index is 301. The minimum Gasteiger partial charge on any atom is -0.745 e. The Morgan fingerprint density at radius 2 is 1.00 bits per heavy atom. The van der Waals surface area contributed by atoms with Crippen molar-refractivity contribution in [3.63, 3.8) is 0 Å². The maximum absolute atomic E-state index is 12.2. The van der Waals surface area contributed by atoms with Gasteiger partial charge in [-0.3, -0.25) is 0 Å². The third-order valence-electron chi connectivity index (χ3n) is 1.07. The number of hydrogen-bond donors (Lipinski definition) is 0. The van der Waals surface area contributed by atoms with Gasteiger partial charge in [0.15, 0.2) is 0 Å². The second-order valence-corrected chi connectivity index (χ2v) is 3.52. The Hall–Kier alpha value is 0.0174. The fourth-order valence-electron chi connectivity index (χ4n) is 0.444. The zero-order chi connectivity index (χ0) is 12.0. The van der Waals surface area contributed by atoms with Gasteiger partial charge < -0.3 is 4.55 Å². The molecular weight excluding hydrogens is 256 g/mol. The van der Waals surface area contributed by atoms with Gasteiger partial charge in [-0.2, -0.15) is 26.3 Å². The van der Waals surface area contributed by atoms with Crippen molar-refractivity contribution in [2.75, 3.05) is 0 Å². The van der Waals surface area contributed by atoms with Gasteiger partial charge in [-0.1, -0.05) is 0 Å². The fourth-order valence-corrected chi connectivity index (χ4v) is 1.01. The Labute approximate surface area is 90.6 Å². The second-order valence-electron chi connectivity index (χ2n) is 2.04. The van der Waals surface area contributed by atoms with E-state index in [0.717, 1.165) is 0 Å². The topological polar surface area (TPSA) is 57.2 Å². The van der Waals surface area contributed by atoms with Gasteiger partial charge in [0.2, 0.25) is 0 Å². The zero-order valence-electron chi connectivity index (χ0n) is 6.78. The normalized spacial score (nSPS) is 14.7. The summed E-state index contributed by atoms with van der Waals surface area (Å²) >= 11 is 0. The maximum Gasteiger partial charge on any atom is 1.00 e. The van der Waals surface area contributed by atoms with E-state index in [4.69, 9.17) is 0 Å². The van der Waals surface area contributed by atoms with Crippen LogP contribution in [-0.2, 0) is 10.1 Å². The molecule has 0 aromatic heterocycles. The Kier molecular flexibility index (Phi) is 4.78. The van der Waals surface area contributed by atoms with Crippen LogP contribution in [-0.4, -0.2) is 30.3 Å². The average molecular weight is 256 g/mol. The third-order valence-corrected chi connectivity index (χ3v) is 2.23. The van der Waals surface area contributed by atoms with E-state index in [1.54, 1.807) is 0 Å². The Morgan fingerprint density at radius 3 is 1.00 bits per heavy atom. The molecule has 12 heteroatoms. The van der Waals surface area contributed by atoms with E-state index in [1.807, 2.05) is 0 Å². The van der Waals surface area contributed by atoms with Crippen LogP contribution in [0.5, 0.6) is 0 Å². The summed E-state index contributed by atoms with van der Waals surface area (Å²) in [6, 6.07) is 0. The van der Waals surface area contributed by atoms with Crippen molar-refractivity contribution in [1.29, 1.82) is 0 Å². The molecule has 0 radical (unpaired) electrons. The monoisotopic (exact) mass is 256 g/mol. The summed E-state index contributed by atoms with van der Waals surface area (Å²) in [5, 5.41) is -6.77. The molecule has 0 spiro atoms. The molecule has 0 rings (SSSR count). The molecule has 86 valence electrons. The van der Waals surface area contributed by atoms with Crippen molar-refractivity contribution in [1.82, 2.24) is 0 Å². The quantitative estimate of drug-likeness (QED) is 0.320. The Morgan fingerprint density at radius 1 is 0.800 bits per heavy atom. The van der Waals surface area contributed by atoms with Gasteiger partial charge in [-0.25, -0.2) is 12.8 Å². The first-order valence-corrected chi connectivity index (χ1v) is 3.94. The molecule has 0 atom stereocenters. The third kappa shape index (κ3) is 2.77. The van der Waals surface area contributed by atoms with Gasteiger partial charge >= 0.3 is 36.2 Å². The molecule has 0 aromatic carbocycles. The molecule has 0 aliphatic rings. The number of rotatable bonds is 1. The van der Waals surface area contributed by atoms with Gasteiger partial charge in [0.1, 0.15) is 10.1 Å². The number of hydrogen-bond acceptors (Lipinski definition) is 3. The van der Waals surface area contributed by atoms with E-state index >= 15 is 0 Å². The molecule has 15 heavy (non-hydrogen) atoms. The van der Waals surface area contributed by atoms with Crippen LogP contribution in [0.25, 0.3) is 0 Å². The van der Waals surface area contributed by atoms with Crippen molar-refractivity contribution < 1.29 is 62.6 Å². The summed E-state index contributed by atoms with van der Waals surface area (Å²) < 4.78 is 109. The van der Waals surface area contributed by atoms with Gasteiger partial charge in [-0.05, 0) is 0 Å². The minimum absolute atomic E-state index is 0. The molecule has 0 bridgehead atoms. The maximum atomic E-state index is 12.2. The summed E-state index contributed by atoms with van der Waals surface area (Å²) in [5.74, 6) is 0. The molecule has 0 fully saturated rings. The molecule has 0 heterocycles. The van der Waals surface area contributed by atoms with Crippen LogP contribution in [0.2, 0.25) is 0 Å². The summed E-state index contributed by atoms with van der Waals surface area (Å²) in [6.07, 6.45) is -13.7. The predicted molar refractivity (Wildman–Crippen MR) is 25.6 cm³/mol.